The van der Waals surface area contributed by atoms with E-state index in [2.05, 4.69) is 0 Å². The minimum absolute atomic E-state index is 0.167. The molecule has 142 valence electrons. The zero-order valence-electron chi connectivity index (χ0n) is 15.0. The fraction of sp³-hybridized carbons (Fsp3) is 0.250. The van der Waals surface area contributed by atoms with Crippen LogP contribution in [0.5, 0.6) is 0 Å². The second-order valence-electron chi connectivity index (χ2n) is 6.01. The molecule has 3 rings (SSSR count). The van der Waals surface area contributed by atoms with Gasteiger partial charge in [0.2, 0.25) is 10.0 Å². The van der Waals surface area contributed by atoms with E-state index in [1.165, 1.54) is 22.5 Å². The summed E-state index contributed by atoms with van der Waals surface area (Å²) in [7, 11) is -3.54. The minimum atomic E-state index is -3.54. The summed E-state index contributed by atoms with van der Waals surface area (Å²) >= 11 is 1.66. The third-order valence-corrected chi connectivity index (χ3v) is 6.95. The van der Waals surface area contributed by atoms with E-state index in [0.29, 0.717) is 31.9 Å². The Hall–Kier alpha value is -1.93. The highest BCUT2D eigenvalue weighted by Crippen LogP contribution is 2.19. The van der Waals surface area contributed by atoms with Crippen LogP contribution in [0.25, 0.3) is 6.08 Å². The van der Waals surface area contributed by atoms with Crippen LogP contribution in [0.1, 0.15) is 15.9 Å². The minimum Gasteiger partial charge on any atom is -0.379 e. The molecule has 0 N–H and O–H groups in total. The number of ketones is 1. The van der Waals surface area contributed by atoms with Crippen molar-refractivity contribution in [1.82, 2.24) is 4.31 Å². The van der Waals surface area contributed by atoms with Gasteiger partial charge in [0.05, 0.1) is 18.1 Å². The van der Waals surface area contributed by atoms with E-state index >= 15 is 0 Å². The number of carbonyl (C=O) groups excluding carboxylic acids is 1. The second kappa shape index (κ2) is 8.84. The molecule has 5 nitrogen and oxygen atoms in total. The van der Waals surface area contributed by atoms with E-state index in [0.717, 1.165) is 10.5 Å². The van der Waals surface area contributed by atoms with Crippen LogP contribution in [0.15, 0.2) is 64.4 Å². The maximum absolute atomic E-state index is 12.6. The number of morpholine rings is 1. The molecule has 0 atom stereocenters. The number of rotatable bonds is 6. The zero-order valence-corrected chi connectivity index (χ0v) is 16.6. The zero-order chi connectivity index (χ0) is 19.3. The molecule has 2 aromatic carbocycles. The van der Waals surface area contributed by atoms with Crippen LogP contribution in [-0.4, -0.2) is 51.1 Å². The summed E-state index contributed by atoms with van der Waals surface area (Å²) in [6.45, 7) is 1.50. The fourth-order valence-electron chi connectivity index (χ4n) is 2.71. The molecular weight excluding hydrogens is 382 g/mol. The SMILES string of the molecule is CSc1ccc(/C=C/C(=O)c2ccc(S(=O)(=O)N3CCOCC3)cc2)cc1. The third kappa shape index (κ3) is 4.87. The van der Waals surface area contributed by atoms with Crippen LogP contribution in [-0.2, 0) is 14.8 Å². The Morgan fingerprint density at radius 1 is 1.04 bits per heavy atom. The topological polar surface area (TPSA) is 63.7 Å². The van der Waals surface area contributed by atoms with Crippen molar-refractivity contribution in [3.63, 3.8) is 0 Å². The van der Waals surface area contributed by atoms with Crippen molar-refractivity contribution >= 4 is 33.6 Å². The van der Waals surface area contributed by atoms with Gasteiger partial charge >= 0.3 is 0 Å². The molecule has 1 aliphatic heterocycles. The number of allylic oxidation sites excluding steroid dienone is 1. The molecule has 0 radical (unpaired) electrons. The molecule has 0 aliphatic carbocycles. The highest BCUT2D eigenvalue weighted by atomic mass is 32.2. The number of carbonyl (C=O) groups is 1. The maximum Gasteiger partial charge on any atom is 0.243 e. The predicted molar refractivity (Wildman–Crippen MR) is 108 cm³/mol. The molecule has 27 heavy (non-hydrogen) atoms. The quantitative estimate of drug-likeness (QED) is 0.421. The van der Waals surface area contributed by atoms with Gasteiger partial charge < -0.3 is 4.74 Å². The molecule has 7 heteroatoms. The molecule has 1 aliphatic rings. The monoisotopic (exact) mass is 403 g/mol. The molecule has 2 aromatic rings. The van der Waals surface area contributed by atoms with Crippen molar-refractivity contribution in [3.8, 4) is 0 Å². The maximum atomic E-state index is 12.6. The van der Waals surface area contributed by atoms with Crippen molar-refractivity contribution in [2.75, 3.05) is 32.6 Å². The first kappa shape index (κ1) is 19.8. The molecule has 0 saturated carbocycles. The van der Waals surface area contributed by atoms with Crippen LogP contribution in [0, 0.1) is 0 Å². The smallest absolute Gasteiger partial charge is 0.243 e. The third-order valence-electron chi connectivity index (χ3n) is 4.29. The van der Waals surface area contributed by atoms with Crippen molar-refractivity contribution < 1.29 is 17.9 Å². The van der Waals surface area contributed by atoms with E-state index < -0.39 is 10.0 Å². The van der Waals surface area contributed by atoms with Gasteiger partial charge in [-0.1, -0.05) is 18.2 Å². The number of ether oxygens (including phenoxy) is 1. The Kier molecular flexibility index (Phi) is 6.49. The fourth-order valence-corrected chi connectivity index (χ4v) is 4.53. The van der Waals surface area contributed by atoms with Crippen LogP contribution in [0.3, 0.4) is 0 Å². The lowest BCUT2D eigenvalue weighted by molar-refractivity contribution is 0.0730. The van der Waals surface area contributed by atoms with Crippen molar-refractivity contribution in [2.45, 2.75) is 9.79 Å². The number of nitrogens with zero attached hydrogens (tertiary/aromatic N) is 1. The van der Waals surface area contributed by atoms with Crippen molar-refractivity contribution in [3.05, 3.63) is 65.7 Å². The lowest BCUT2D eigenvalue weighted by atomic mass is 10.1. The molecule has 1 heterocycles. The van der Waals surface area contributed by atoms with Gasteiger partial charge in [0.1, 0.15) is 0 Å². The Morgan fingerprint density at radius 3 is 2.26 bits per heavy atom. The van der Waals surface area contributed by atoms with Gasteiger partial charge in [0, 0.05) is 23.5 Å². The average Bonchev–Trinajstić information content (AvgIpc) is 2.73. The van der Waals surface area contributed by atoms with Gasteiger partial charge in [-0.05, 0) is 54.3 Å². The standard InChI is InChI=1S/C20H21NO4S2/c1-26-18-7-2-16(3-8-18)4-11-20(22)17-5-9-19(10-6-17)27(23,24)21-12-14-25-15-13-21/h2-11H,12-15H2,1H3/b11-4+. The molecule has 0 bridgehead atoms. The van der Waals surface area contributed by atoms with Crippen molar-refractivity contribution in [1.29, 1.82) is 0 Å². The van der Waals surface area contributed by atoms with Crippen LogP contribution in [0.2, 0.25) is 0 Å². The van der Waals surface area contributed by atoms with Gasteiger partial charge in [-0.15, -0.1) is 11.8 Å². The molecule has 0 spiro atoms. The second-order valence-corrected chi connectivity index (χ2v) is 8.83. The van der Waals surface area contributed by atoms with E-state index in [1.54, 1.807) is 30.0 Å². The molecular formula is C20H21NO4S2. The normalized spacial score (nSPS) is 15.9. The van der Waals surface area contributed by atoms with Crippen LogP contribution >= 0.6 is 11.8 Å². The number of hydrogen-bond acceptors (Lipinski definition) is 5. The molecule has 0 aromatic heterocycles. The number of benzene rings is 2. The summed E-state index contributed by atoms with van der Waals surface area (Å²) < 4.78 is 31.8. The molecule has 0 amide bonds. The predicted octanol–water partition coefficient (Wildman–Crippen LogP) is 3.33. The molecule has 0 unspecified atom stereocenters. The largest absolute Gasteiger partial charge is 0.379 e. The Labute approximate surface area is 164 Å². The Bertz CT molecular complexity index is 913. The summed E-state index contributed by atoms with van der Waals surface area (Å²) in [6, 6.07) is 14.0. The average molecular weight is 404 g/mol. The van der Waals surface area contributed by atoms with Gasteiger partial charge in [-0.2, -0.15) is 4.31 Å². The van der Waals surface area contributed by atoms with Gasteiger partial charge in [0.15, 0.2) is 5.78 Å². The first-order valence-corrected chi connectivity index (χ1v) is 11.2. The van der Waals surface area contributed by atoms with Crippen molar-refractivity contribution in [2.24, 2.45) is 0 Å². The number of thioether (sulfide) groups is 1. The lowest BCUT2D eigenvalue weighted by Crippen LogP contribution is -2.40. The highest BCUT2D eigenvalue weighted by molar-refractivity contribution is 7.98. The van der Waals surface area contributed by atoms with E-state index in [9.17, 15) is 13.2 Å². The summed E-state index contributed by atoms with van der Waals surface area (Å²) in [5, 5.41) is 0. The lowest BCUT2D eigenvalue weighted by Gasteiger charge is -2.26. The number of hydrogen-bond donors (Lipinski definition) is 0. The summed E-state index contributed by atoms with van der Waals surface area (Å²) in [4.78, 5) is 13.7. The number of sulfonamides is 1. The Balaban J connectivity index is 1.70. The Morgan fingerprint density at radius 2 is 1.67 bits per heavy atom. The van der Waals surface area contributed by atoms with Crippen LogP contribution < -0.4 is 0 Å². The van der Waals surface area contributed by atoms with Gasteiger partial charge in [0.25, 0.3) is 0 Å². The highest BCUT2D eigenvalue weighted by Gasteiger charge is 2.26. The summed E-state index contributed by atoms with van der Waals surface area (Å²) in [6.07, 6.45) is 5.27. The molecule has 1 fully saturated rings. The van der Waals surface area contributed by atoms with Gasteiger partial charge in [-0.25, -0.2) is 8.42 Å². The summed E-state index contributed by atoms with van der Waals surface area (Å²) in [5.41, 5.74) is 1.39. The first-order valence-electron chi connectivity index (χ1n) is 8.55. The van der Waals surface area contributed by atoms with Gasteiger partial charge in [-0.3, -0.25) is 4.79 Å². The first-order chi connectivity index (χ1) is 13.0. The summed E-state index contributed by atoms with van der Waals surface area (Å²) in [5.74, 6) is -0.167. The van der Waals surface area contributed by atoms with Crippen LogP contribution in [0.4, 0.5) is 0 Å². The van der Waals surface area contributed by atoms with E-state index in [1.807, 2.05) is 30.5 Å². The molecule has 1 saturated heterocycles. The van der Waals surface area contributed by atoms with E-state index in [4.69, 9.17) is 4.74 Å². The van der Waals surface area contributed by atoms with E-state index in [-0.39, 0.29) is 10.7 Å².